The molecule has 0 unspecified atom stereocenters. The van der Waals surface area contributed by atoms with Crippen LogP contribution in [0, 0.1) is 6.92 Å². The summed E-state index contributed by atoms with van der Waals surface area (Å²) in [6, 6.07) is 9.66. The van der Waals surface area contributed by atoms with Crippen LogP contribution in [0.1, 0.15) is 41.3 Å². The third-order valence-electron chi connectivity index (χ3n) is 3.35. The lowest BCUT2D eigenvalue weighted by molar-refractivity contribution is -0.269. The maximum Gasteiger partial charge on any atom is 0.337 e. The SMILES string of the molecule is Cc1cc([O-])c(C(C)C)cc1N=Nc1ccccc1C(=O)O. The average molecular weight is 297 g/mol. The fourth-order valence-corrected chi connectivity index (χ4v) is 2.09. The van der Waals surface area contributed by atoms with Gasteiger partial charge in [-0.3, -0.25) is 0 Å². The molecule has 0 heterocycles. The molecule has 0 bridgehead atoms. The number of carboxylic acids is 1. The standard InChI is InChI=1S/C17H18N2O3/c1-10(2)13-9-15(11(3)8-16(13)20)19-18-14-7-5-4-6-12(14)17(21)22/h4-10,20H,1-3H3,(H,21,22)/p-1. The van der Waals surface area contributed by atoms with Crippen molar-refractivity contribution in [2.75, 3.05) is 0 Å². The summed E-state index contributed by atoms with van der Waals surface area (Å²) in [7, 11) is 0. The molecule has 0 fully saturated rings. The van der Waals surface area contributed by atoms with E-state index in [1.54, 1.807) is 31.2 Å². The lowest BCUT2D eigenvalue weighted by Gasteiger charge is -2.18. The first-order valence-electron chi connectivity index (χ1n) is 6.95. The highest BCUT2D eigenvalue weighted by Crippen LogP contribution is 2.32. The molecule has 5 heteroatoms. The Morgan fingerprint density at radius 2 is 1.77 bits per heavy atom. The summed E-state index contributed by atoms with van der Waals surface area (Å²) in [5.41, 5.74) is 2.33. The van der Waals surface area contributed by atoms with Gasteiger partial charge in [-0.2, -0.15) is 5.11 Å². The number of benzene rings is 2. The number of azo groups is 1. The van der Waals surface area contributed by atoms with Crippen LogP contribution < -0.4 is 5.11 Å². The van der Waals surface area contributed by atoms with E-state index >= 15 is 0 Å². The minimum absolute atomic E-state index is 0.0163. The van der Waals surface area contributed by atoms with E-state index in [0.29, 0.717) is 16.8 Å². The Labute approximate surface area is 129 Å². The average Bonchev–Trinajstić information content (AvgIpc) is 2.46. The van der Waals surface area contributed by atoms with Crippen molar-refractivity contribution < 1.29 is 15.0 Å². The first kappa shape index (κ1) is 15.7. The van der Waals surface area contributed by atoms with Crippen molar-refractivity contribution in [3.8, 4) is 5.75 Å². The molecule has 1 N–H and O–H groups in total. The predicted molar refractivity (Wildman–Crippen MR) is 82.3 cm³/mol. The van der Waals surface area contributed by atoms with E-state index in [9.17, 15) is 9.90 Å². The van der Waals surface area contributed by atoms with Crippen molar-refractivity contribution >= 4 is 17.3 Å². The second kappa shape index (κ2) is 6.39. The summed E-state index contributed by atoms with van der Waals surface area (Å²) in [4.78, 5) is 11.1. The number of hydrogen-bond acceptors (Lipinski definition) is 4. The molecule has 2 aromatic carbocycles. The number of carboxylic acid groups (broad SMARTS) is 1. The largest absolute Gasteiger partial charge is 0.872 e. The topological polar surface area (TPSA) is 85.1 Å². The van der Waals surface area contributed by atoms with Gasteiger partial charge in [-0.05, 0) is 36.6 Å². The van der Waals surface area contributed by atoms with E-state index in [-0.39, 0.29) is 22.9 Å². The van der Waals surface area contributed by atoms with Crippen LogP contribution in [0.25, 0.3) is 0 Å². The molecule has 0 aromatic heterocycles. The third kappa shape index (κ3) is 3.31. The third-order valence-corrected chi connectivity index (χ3v) is 3.35. The van der Waals surface area contributed by atoms with Gasteiger partial charge in [0, 0.05) is 0 Å². The van der Waals surface area contributed by atoms with Gasteiger partial charge >= 0.3 is 5.97 Å². The molecule has 0 aliphatic carbocycles. The Morgan fingerprint density at radius 3 is 2.41 bits per heavy atom. The summed E-state index contributed by atoms with van der Waals surface area (Å²) in [6.07, 6.45) is 0. The van der Waals surface area contributed by atoms with Gasteiger partial charge in [0.15, 0.2) is 0 Å². The van der Waals surface area contributed by atoms with Crippen LogP contribution in [0.3, 0.4) is 0 Å². The van der Waals surface area contributed by atoms with E-state index in [1.165, 1.54) is 12.1 Å². The Morgan fingerprint density at radius 1 is 1.14 bits per heavy atom. The van der Waals surface area contributed by atoms with Gasteiger partial charge in [-0.15, -0.1) is 10.9 Å². The molecular formula is C17H17N2O3-. The molecule has 22 heavy (non-hydrogen) atoms. The second-order valence-corrected chi connectivity index (χ2v) is 5.35. The van der Waals surface area contributed by atoms with Crippen LogP contribution in [0.5, 0.6) is 5.75 Å². The molecule has 0 aliphatic heterocycles. The quantitative estimate of drug-likeness (QED) is 0.853. The monoisotopic (exact) mass is 297 g/mol. The van der Waals surface area contributed by atoms with Gasteiger partial charge in [0.25, 0.3) is 0 Å². The van der Waals surface area contributed by atoms with Crippen molar-refractivity contribution in [2.24, 2.45) is 10.2 Å². The molecule has 0 saturated heterocycles. The minimum atomic E-state index is -1.05. The highest BCUT2D eigenvalue weighted by Gasteiger charge is 2.09. The van der Waals surface area contributed by atoms with Crippen molar-refractivity contribution in [1.82, 2.24) is 0 Å². The number of nitrogens with zero attached hydrogens (tertiary/aromatic N) is 2. The highest BCUT2D eigenvalue weighted by molar-refractivity contribution is 5.93. The van der Waals surface area contributed by atoms with E-state index < -0.39 is 5.97 Å². The molecule has 114 valence electrons. The predicted octanol–water partition coefficient (Wildman–Crippen LogP) is 4.31. The van der Waals surface area contributed by atoms with Gasteiger partial charge in [-0.25, -0.2) is 4.79 Å². The molecular weight excluding hydrogens is 280 g/mol. The van der Waals surface area contributed by atoms with Gasteiger partial charge in [0.1, 0.15) is 5.69 Å². The maximum absolute atomic E-state index is 11.9. The first-order chi connectivity index (χ1) is 10.4. The molecule has 0 radical (unpaired) electrons. The fourth-order valence-electron chi connectivity index (χ4n) is 2.09. The van der Waals surface area contributed by atoms with Gasteiger partial charge in [0.2, 0.25) is 0 Å². The van der Waals surface area contributed by atoms with Crippen LogP contribution in [0.4, 0.5) is 11.4 Å². The fraction of sp³-hybridized carbons (Fsp3) is 0.235. The Kier molecular flexibility index (Phi) is 4.56. The van der Waals surface area contributed by atoms with E-state index in [0.717, 1.165) is 0 Å². The molecule has 5 nitrogen and oxygen atoms in total. The van der Waals surface area contributed by atoms with E-state index in [1.807, 2.05) is 13.8 Å². The van der Waals surface area contributed by atoms with Crippen molar-refractivity contribution in [3.05, 3.63) is 53.1 Å². The van der Waals surface area contributed by atoms with Gasteiger partial charge < -0.3 is 10.2 Å². The number of hydrogen-bond donors (Lipinski definition) is 1. The Bertz CT molecular complexity index is 737. The van der Waals surface area contributed by atoms with Crippen LogP contribution in [-0.4, -0.2) is 11.1 Å². The highest BCUT2D eigenvalue weighted by atomic mass is 16.4. The number of carbonyl (C=O) groups is 1. The van der Waals surface area contributed by atoms with Gasteiger partial charge in [0.05, 0.1) is 11.3 Å². The van der Waals surface area contributed by atoms with Crippen LogP contribution >= 0.6 is 0 Å². The van der Waals surface area contributed by atoms with Crippen LogP contribution in [-0.2, 0) is 0 Å². The number of aromatic carboxylic acids is 1. The molecule has 0 atom stereocenters. The second-order valence-electron chi connectivity index (χ2n) is 5.35. The van der Waals surface area contributed by atoms with Crippen LogP contribution in [0.15, 0.2) is 46.6 Å². The Hall–Kier alpha value is -2.69. The molecule has 0 aliphatic rings. The zero-order valence-corrected chi connectivity index (χ0v) is 12.7. The zero-order valence-electron chi connectivity index (χ0n) is 12.7. The van der Waals surface area contributed by atoms with Crippen LogP contribution in [0.2, 0.25) is 0 Å². The summed E-state index contributed by atoms with van der Waals surface area (Å²) >= 11 is 0. The minimum Gasteiger partial charge on any atom is -0.872 e. The summed E-state index contributed by atoms with van der Waals surface area (Å²) in [6.45, 7) is 5.66. The molecule has 2 rings (SSSR count). The summed E-state index contributed by atoms with van der Waals surface area (Å²) in [5, 5.41) is 29.2. The number of rotatable bonds is 4. The summed E-state index contributed by atoms with van der Waals surface area (Å²) < 4.78 is 0. The van der Waals surface area contributed by atoms with Crippen molar-refractivity contribution in [1.29, 1.82) is 0 Å². The first-order valence-corrected chi connectivity index (χ1v) is 6.95. The van der Waals surface area contributed by atoms with Gasteiger partial charge in [-0.1, -0.05) is 37.6 Å². The summed E-state index contributed by atoms with van der Waals surface area (Å²) in [5.74, 6) is -0.977. The Balaban J connectivity index is 2.43. The molecule has 0 saturated carbocycles. The molecule has 0 spiro atoms. The molecule has 2 aromatic rings. The lowest BCUT2D eigenvalue weighted by atomic mass is 9.99. The normalized spacial score (nSPS) is 11.3. The van der Waals surface area contributed by atoms with Crippen molar-refractivity contribution in [2.45, 2.75) is 26.7 Å². The van der Waals surface area contributed by atoms with Crippen molar-refractivity contribution in [3.63, 3.8) is 0 Å². The molecule has 0 amide bonds. The lowest BCUT2D eigenvalue weighted by Crippen LogP contribution is -1.99. The maximum atomic E-state index is 11.9. The zero-order chi connectivity index (χ0) is 16.3. The smallest absolute Gasteiger partial charge is 0.337 e. The number of aryl methyl sites for hydroxylation is 1. The van der Waals surface area contributed by atoms with E-state index in [2.05, 4.69) is 10.2 Å². The van der Waals surface area contributed by atoms with E-state index in [4.69, 9.17) is 5.11 Å².